The van der Waals surface area contributed by atoms with Crippen LogP contribution in [-0.2, 0) is 0 Å². The van der Waals surface area contributed by atoms with E-state index in [0.717, 1.165) is 18.8 Å². The van der Waals surface area contributed by atoms with Gasteiger partial charge >= 0.3 is 0 Å². The van der Waals surface area contributed by atoms with Crippen LogP contribution < -0.4 is 16.0 Å². The number of aromatic nitrogens is 2. The molecule has 0 spiro atoms. The summed E-state index contributed by atoms with van der Waals surface area (Å²) in [6, 6.07) is 9.91. The molecule has 6 heteroatoms. The van der Waals surface area contributed by atoms with Gasteiger partial charge in [-0.1, -0.05) is 17.7 Å². The van der Waals surface area contributed by atoms with Crippen molar-refractivity contribution in [3.8, 4) is 0 Å². The molecule has 104 valence electrons. The summed E-state index contributed by atoms with van der Waals surface area (Å²) in [5, 5.41) is 3.54. The monoisotopic (exact) mass is 289 g/mol. The maximum absolute atomic E-state index is 5.87. The Bertz CT molecular complexity index is 590. The average Bonchev–Trinajstić information content (AvgIpc) is 2.91. The van der Waals surface area contributed by atoms with Crippen molar-refractivity contribution in [1.82, 2.24) is 9.97 Å². The van der Waals surface area contributed by atoms with E-state index in [1.807, 2.05) is 12.1 Å². The lowest BCUT2D eigenvalue weighted by Crippen LogP contribution is -2.17. The molecule has 1 aliphatic rings. The molecule has 0 saturated carbocycles. The summed E-state index contributed by atoms with van der Waals surface area (Å²) >= 11 is 5.87. The Morgan fingerprint density at radius 3 is 2.70 bits per heavy atom. The van der Waals surface area contributed by atoms with Crippen molar-refractivity contribution in [3.05, 3.63) is 35.5 Å². The van der Waals surface area contributed by atoms with E-state index in [9.17, 15) is 0 Å². The fourth-order valence-corrected chi connectivity index (χ4v) is 2.59. The van der Waals surface area contributed by atoms with Crippen molar-refractivity contribution in [2.24, 2.45) is 0 Å². The highest BCUT2D eigenvalue weighted by atomic mass is 35.5. The number of nitrogens with one attached hydrogen (secondary N) is 1. The number of nitrogen functional groups attached to an aromatic ring is 1. The van der Waals surface area contributed by atoms with Crippen LogP contribution in [0.5, 0.6) is 0 Å². The van der Waals surface area contributed by atoms with Gasteiger partial charge in [-0.25, -0.2) is 4.98 Å². The van der Waals surface area contributed by atoms with Crippen LogP contribution in [0.2, 0.25) is 5.15 Å². The summed E-state index contributed by atoms with van der Waals surface area (Å²) in [6.45, 7) is 2.24. The Balaban J connectivity index is 1.81. The van der Waals surface area contributed by atoms with Gasteiger partial charge in [-0.15, -0.1) is 0 Å². The van der Waals surface area contributed by atoms with Crippen molar-refractivity contribution in [2.45, 2.75) is 12.8 Å². The first kappa shape index (κ1) is 13.0. The summed E-state index contributed by atoms with van der Waals surface area (Å²) in [5.74, 6) is 0.761. The van der Waals surface area contributed by atoms with Gasteiger partial charge in [0.15, 0.2) is 0 Å². The fraction of sp³-hybridized carbons (Fsp3) is 0.286. The standard InChI is InChI=1S/C14H16ClN5/c15-12-9-13(19-14(16)18-12)17-10-4-3-5-11(8-10)20-6-1-2-7-20/h3-5,8-9H,1-2,6-7H2,(H3,16,17,18,19). The van der Waals surface area contributed by atoms with E-state index in [1.54, 1.807) is 6.07 Å². The van der Waals surface area contributed by atoms with Gasteiger partial charge < -0.3 is 16.0 Å². The van der Waals surface area contributed by atoms with E-state index >= 15 is 0 Å². The first-order valence-corrected chi connectivity index (χ1v) is 7.00. The smallest absolute Gasteiger partial charge is 0.223 e. The lowest BCUT2D eigenvalue weighted by molar-refractivity contribution is 0.949. The number of hydrogen-bond donors (Lipinski definition) is 2. The Kier molecular flexibility index (Phi) is 3.60. The average molecular weight is 290 g/mol. The highest BCUT2D eigenvalue weighted by Crippen LogP contribution is 2.25. The summed E-state index contributed by atoms with van der Waals surface area (Å²) < 4.78 is 0. The van der Waals surface area contributed by atoms with E-state index in [4.69, 9.17) is 17.3 Å². The van der Waals surface area contributed by atoms with Crippen LogP contribution in [0.25, 0.3) is 0 Å². The zero-order valence-corrected chi connectivity index (χ0v) is 11.8. The molecule has 3 rings (SSSR count). The minimum Gasteiger partial charge on any atom is -0.371 e. The van der Waals surface area contributed by atoms with E-state index in [0.29, 0.717) is 11.0 Å². The van der Waals surface area contributed by atoms with Crippen LogP contribution >= 0.6 is 11.6 Å². The van der Waals surface area contributed by atoms with E-state index in [-0.39, 0.29) is 5.95 Å². The maximum Gasteiger partial charge on any atom is 0.223 e. The topological polar surface area (TPSA) is 67.1 Å². The van der Waals surface area contributed by atoms with Gasteiger partial charge in [0.2, 0.25) is 5.95 Å². The highest BCUT2D eigenvalue weighted by molar-refractivity contribution is 6.29. The quantitative estimate of drug-likeness (QED) is 0.850. The third-order valence-electron chi connectivity index (χ3n) is 3.30. The molecular formula is C14H16ClN5. The molecular weight excluding hydrogens is 274 g/mol. The fourth-order valence-electron chi connectivity index (χ4n) is 2.40. The Morgan fingerprint density at radius 1 is 1.15 bits per heavy atom. The van der Waals surface area contributed by atoms with E-state index in [1.165, 1.54) is 18.5 Å². The summed E-state index contributed by atoms with van der Waals surface area (Å²) in [7, 11) is 0. The van der Waals surface area contributed by atoms with Crippen molar-refractivity contribution in [2.75, 3.05) is 29.0 Å². The lowest BCUT2D eigenvalue weighted by Gasteiger charge is -2.18. The number of anilines is 4. The summed E-state index contributed by atoms with van der Waals surface area (Å²) in [4.78, 5) is 10.3. The van der Waals surface area contributed by atoms with Crippen LogP contribution in [0.15, 0.2) is 30.3 Å². The normalized spacial score (nSPS) is 14.6. The van der Waals surface area contributed by atoms with Crippen LogP contribution in [0.1, 0.15) is 12.8 Å². The van der Waals surface area contributed by atoms with Crippen LogP contribution in [0, 0.1) is 0 Å². The SMILES string of the molecule is Nc1nc(Cl)cc(Nc2cccc(N3CCCC3)c2)n1. The molecule has 1 aliphatic heterocycles. The van der Waals surface area contributed by atoms with Crippen molar-refractivity contribution >= 4 is 34.7 Å². The van der Waals surface area contributed by atoms with Gasteiger partial charge in [0.1, 0.15) is 11.0 Å². The minimum absolute atomic E-state index is 0.163. The number of rotatable bonds is 3. The van der Waals surface area contributed by atoms with Crippen molar-refractivity contribution < 1.29 is 0 Å². The molecule has 0 aliphatic carbocycles. The predicted octanol–water partition coefficient (Wildman–Crippen LogP) is 3.06. The van der Waals surface area contributed by atoms with Gasteiger partial charge in [0.25, 0.3) is 0 Å². The molecule has 0 unspecified atom stereocenters. The summed E-state index contributed by atoms with van der Waals surface area (Å²) in [6.07, 6.45) is 2.52. The molecule has 0 bridgehead atoms. The van der Waals surface area contributed by atoms with Gasteiger partial charge in [-0.05, 0) is 31.0 Å². The highest BCUT2D eigenvalue weighted by Gasteiger charge is 2.12. The second-order valence-corrected chi connectivity index (χ2v) is 5.19. The number of halogens is 1. The number of nitrogens with zero attached hydrogens (tertiary/aromatic N) is 3. The van der Waals surface area contributed by atoms with Crippen LogP contribution in [0.3, 0.4) is 0 Å². The largest absolute Gasteiger partial charge is 0.371 e. The van der Waals surface area contributed by atoms with Gasteiger partial charge in [0, 0.05) is 30.5 Å². The van der Waals surface area contributed by atoms with Gasteiger partial charge in [0.05, 0.1) is 0 Å². The lowest BCUT2D eigenvalue weighted by atomic mass is 10.2. The Hall–Kier alpha value is -2.01. The molecule has 1 aromatic heterocycles. The Labute approximate surface area is 122 Å². The molecule has 2 heterocycles. The zero-order valence-electron chi connectivity index (χ0n) is 11.0. The molecule has 1 aromatic carbocycles. The first-order chi connectivity index (χ1) is 9.70. The molecule has 0 atom stereocenters. The van der Waals surface area contributed by atoms with Crippen molar-refractivity contribution in [1.29, 1.82) is 0 Å². The van der Waals surface area contributed by atoms with Crippen molar-refractivity contribution in [3.63, 3.8) is 0 Å². The van der Waals surface area contributed by atoms with Gasteiger partial charge in [-0.2, -0.15) is 4.98 Å². The third-order valence-corrected chi connectivity index (χ3v) is 3.50. The first-order valence-electron chi connectivity index (χ1n) is 6.63. The number of nitrogens with two attached hydrogens (primary N) is 1. The molecule has 3 N–H and O–H groups in total. The number of hydrogen-bond acceptors (Lipinski definition) is 5. The molecule has 0 amide bonds. The second kappa shape index (κ2) is 5.54. The van der Waals surface area contributed by atoms with E-state index < -0.39 is 0 Å². The Morgan fingerprint density at radius 2 is 1.95 bits per heavy atom. The molecule has 5 nitrogen and oxygen atoms in total. The zero-order chi connectivity index (χ0) is 13.9. The molecule has 20 heavy (non-hydrogen) atoms. The maximum atomic E-state index is 5.87. The summed E-state index contributed by atoms with van der Waals surface area (Å²) in [5.41, 5.74) is 7.77. The third kappa shape index (κ3) is 2.93. The van der Waals surface area contributed by atoms with Crippen LogP contribution in [0.4, 0.5) is 23.1 Å². The predicted molar refractivity (Wildman–Crippen MR) is 82.6 cm³/mol. The number of benzene rings is 1. The minimum atomic E-state index is 0.163. The molecule has 0 radical (unpaired) electrons. The van der Waals surface area contributed by atoms with E-state index in [2.05, 4.69) is 32.3 Å². The van der Waals surface area contributed by atoms with Crippen LogP contribution in [-0.4, -0.2) is 23.1 Å². The second-order valence-electron chi connectivity index (χ2n) is 4.80. The van der Waals surface area contributed by atoms with Gasteiger partial charge in [-0.3, -0.25) is 0 Å². The molecule has 1 saturated heterocycles. The molecule has 1 fully saturated rings. The molecule has 2 aromatic rings.